The fourth-order valence-corrected chi connectivity index (χ4v) is 2.28. The highest BCUT2D eigenvalue weighted by Gasteiger charge is 2.36. The van der Waals surface area contributed by atoms with Crippen LogP contribution in [0.5, 0.6) is 0 Å². The largest absolute Gasteiger partial charge is 0.294 e. The van der Waals surface area contributed by atoms with Gasteiger partial charge >= 0.3 is 0 Å². The maximum absolute atomic E-state index is 11.8. The van der Waals surface area contributed by atoms with Crippen LogP contribution in [0.4, 0.5) is 0 Å². The lowest BCUT2D eigenvalue weighted by molar-refractivity contribution is -0.124. The summed E-state index contributed by atoms with van der Waals surface area (Å²) >= 11 is 0. The van der Waals surface area contributed by atoms with Crippen molar-refractivity contribution < 1.29 is 4.79 Å². The van der Waals surface area contributed by atoms with E-state index in [-0.39, 0.29) is 17.1 Å². The first kappa shape index (κ1) is 10.5. The van der Waals surface area contributed by atoms with Gasteiger partial charge in [0, 0.05) is 5.92 Å². The molecule has 0 spiro atoms. The molecule has 0 bridgehead atoms. The monoisotopic (exact) mass is 180 g/mol. The van der Waals surface area contributed by atoms with Crippen LogP contribution < -0.4 is 0 Å². The molecule has 1 aliphatic rings. The molecule has 0 aromatic rings. The molecule has 1 atom stereocenters. The highest BCUT2D eigenvalue weighted by atomic mass is 16.1. The first-order valence-corrected chi connectivity index (χ1v) is 5.15. The fourth-order valence-electron chi connectivity index (χ4n) is 2.28. The highest BCUT2D eigenvalue weighted by Crippen LogP contribution is 2.41. The summed E-state index contributed by atoms with van der Waals surface area (Å²) in [6.45, 7) is 9.98. The van der Waals surface area contributed by atoms with Gasteiger partial charge in [0.15, 0.2) is 5.78 Å². The SMILES string of the molecule is C=C(C)C(=O)C1CCCCC1(C)C. The van der Waals surface area contributed by atoms with Crippen molar-refractivity contribution in [1.29, 1.82) is 0 Å². The summed E-state index contributed by atoms with van der Waals surface area (Å²) in [5.74, 6) is 0.503. The number of Topliss-reactive ketones (excluding diaryl/α,β-unsaturated/α-hetero) is 1. The molecule has 1 nitrogen and oxygen atoms in total. The van der Waals surface area contributed by atoms with E-state index in [0.717, 1.165) is 12.0 Å². The second-order valence-electron chi connectivity index (χ2n) is 4.93. The van der Waals surface area contributed by atoms with E-state index in [2.05, 4.69) is 20.4 Å². The summed E-state index contributed by atoms with van der Waals surface area (Å²) < 4.78 is 0. The van der Waals surface area contributed by atoms with Crippen molar-refractivity contribution in [1.82, 2.24) is 0 Å². The van der Waals surface area contributed by atoms with E-state index in [1.54, 1.807) is 0 Å². The molecule has 1 unspecified atom stereocenters. The van der Waals surface area contributed by atoms with E-state index in [0.29, 0.717) is 0 Å². The topological polar surface area (TPSA) is 17.1 Å². The van der Waals surface area contributed by atoms with Crippen molar-refractivity contribution in [2.24, 2.45) is 11.3 Å². The number of ketones is 1. The average Bonchev–Trinajstić information content (AvgIpc) is 2.02. The molecular formula is C12H20O. The maximum Gasteiger partial charge on any atom is 0.161 e. The van der Waals surface area contributed by atoms with Crippen molar-refractivity contribution in [2.75, 3.05) is 0 Å². The zero-order chi connectivity index (χ0) is 10.1. The van der Waals surface area contributed by atoms with Crippen molar-refractivity contribution in [2.45, 2.75) is 46.5 Å². The van der Waals surface area contributed by atoms with Crippen LogP contribution >= 0.6 is 0 Å². The average molecular weight is 180 g/mol. The normalized spacial score (nSPS) is 26.8. The van der Waals surface area contributed by atoms with E-state index in [9.17, 15) is 4.79 Å². The van der Waals surface area contributed by atoms with Gasteiger partial charge in [-0.05, 0) is 30.8 Å². The predicted molar refractivity (Wildman–Crippen MR) is 55.6 cm³/mol. The molecule has 0 saturated heterocycles. The van der Waals surface area contributed by atoms with Gasteiger partial charge in [-0.25, -0.2) is 0 Å². The van der Waals surface area contributed by atoms with E-state index >= 15 is 0 Å². The molecule has 1 fully saturated rings. The van der Waals surface area contributed by atoms with Gasteiger partial charge in [0.2, 0.25) is 0 Å². The quantitative estimate of drug-likeness (QED) is 0.596. The molecule has 0 heterocycles. The van der Waals surface area contributed by atoms with Crippen LogP contribution in [0.3, 0.4) is 0 Å². The van der Waals surface area contributed by atoms with Crippen molar-refractivity contribution >= 4 is 5.78 Å². The first-order chi connectivity index (χ1) is 5.95. The minimum Gasteiger partial charge on any atom is -0.294 e. The van der Waals surface area contributed by atoms with Crippen molar-refractivity contribution in [3.8, 4) is 0 Å². The second-order valence-corrected chi connectivity index (χ2v) is 4.93. The first-order valence-electron chi connectivity index (χ1n) is 5.15. The molecule has 13 heavy (non-hydrogen) atoms. The van der Waals surface area contributed by atoms with Crippen LogP contribution in [-0.2, 0) is 4.79 Å². The number of hydrogen-bond donors (Lipinski definition) is 0. The molecule has 74 valence electrons. The second kappa shape index (κ2) is 3.65. The molecular weight excluding hydrogens is 160 g/mol. The third-order valence-electron chi connectivity index (χ3n) is 3.24. The van der Waals surface area contributed by atoms with Gasteiger partial charge < -0.3 is 0 Å². The minimum atomic E-state index is 0.189. The Bertz CT molecular complexity index is 225. The number of rotatable bonds is 2. The van der Waals surface area contributed by atoms with E-state index in [1.807, 2.05) is 6.92 Å². The third-order valence-corrected chi connectivity index (χ3v) is 3.24. The maximum atomic E-state index is 11.8. The number of allylic oxidation sites excluding steroid dienone is 1. The molecule has 0 amide bonds. The van der Waals surface area contributed by atoms with Crippen molar-refractivity contribution in [3.05, 3.63) is 12.2 Å². The van der Waals surface area contributed by atoms with Crippen LogP contribution in [0.2, 0.25) is 0 Å². The highest BCUT2D eigenvalue weighted by molar-refractivity contribution is 5.96. The molecule has 1 heteroatoms. The summed E-state index contributed by atoms with van der Waals surface area (Å²) in [4.78, 5) is 11.8. The molecule has 0 aromatic carbocycles. The van der Waals surface area contributed by atoms with Crippen molar-refractivity contribution in [3.63, 3.8) is 0 Å². The molecule has 0 aliphatic heterocycles. The van der Waals surface area contributed by atoms with Crippen LogP contribution in [0, 0.1) is 11.3 Å². The number of carbonyl (C=O) groups is 1. The molecule has 1 aliphatic carbocycles. The molecule has 0 aromatic heterocycles. The Morgan fingerprint density at radius 1 is 1.38 bits per heavy atom. The molecule has 1 saturated carbocycles. The molecule has 0 N–H and O–H groups in total. The zero-order valence-electron chi connectivity index (χ0n) is 9.02. The predicted octanol–water partition coefficient (Wildman–Crippen LogP) is 3.35. The molecule has 0 radical (unpaired) electrons. The number of hydrogen-bond acceptors (Lipinski definition) is 1. The van der Waals surface area contributed by atoms with E-state index < -0.39 is 0 Å². The van der Waals surface area contributed by atoms with Crippen LogP contribution in [-0.4, -0.2) is 5.78 Å². The summed E-state index contributed by atoms with van der Waals surface area (Å²) in [5.41, 5.74) is 0.911. The third kappa shape index (κ3) is 2.20. The summed E-state index contributed by atoms with van der Waals surface area (Å²) in [7, 11) is 0. The minimum absolute atomic E-state index is 0.189. The van der Waals surface area contributed by atoms with Crippen LogP contribution in [0.15, 0.2) is 12.2 Å². The van der Waals surface area contributed by atoms with Crippen LogP contribution in [0.25, 0.3) is 0 Å². The zero-order valence-corrected chi connectivity index (χ0v) is 9.02. The Morgan fingerprint density at radius 3 is 2.46 bits per heavy atom. The van der Waals surface area contributed by atoms with Crippen LogP contribution in [0.1, 0.15) is 46.5 Å². The van der Waals surface area contributed by atoms with E-state index in [4.69, 9.17) is 0 Å². The van der Waals surface area contributed by atoms with Gasteiger partial charge in [-0.15, -0.1) is 0 Å². The Hall–Kier alpha value is -0.590. The lowest BCUT2D eigenvalue weighted by Crippen LogP contribution is -2.34. The smallest absolute Gasteiger partial charge is 0.161 e. The van der Waals surface area contributed by atoms with Gasteiger partial charge in [0.1, 0.15) is 0 Å². The summed E-state index contributed by atoms with van der Waals surface area (Å²) in [5, 5.41) is 0. The lowest BCUT2D eigenvalue weighted by Gasteiger charge is -2.37. The summed E-state index contributed by atoms with van der Waals surface area (Å²) in [6.07, 6.45) is 4.70. The summed E-state index contributed by atoms with van der Waals surface area (Å²) in [6, 6.07) is 0. The Labute approximate surface area is 81.2 Å². The van der Waals surface area contributed by atoms with Gasteiger partial charge in [-0.3, -0.25) is 4.79 Å². The standard InChI is InChI=1S/C12H20O/c1-9(2)11(13)10-7-5-6-8-12(10,3)4/h10H,1,5-8H2,2-4H3. The fraction of sp³-hybridized carbons (Fsp3) is 0.750. The van der Waals surface area contributed by atoms with Gasteiger partial charge in [0.25, 0.3) is 0 Å². The van der Waals surface area contributed by atoms with Gasteiger partial charge in [-0.2, -0.15) is 0 Å². The Kier molecular flexibility index (Phi) is 2.94. The van der Waals surface area contributed by atoms with Gasteiger partial charge in [0.05, 0.1) is 0 Å². The van der Waals surface area contributed by atoms with E-state index in [1.165, 1.54) is 19.3 Å². The Balaban J connectivity index is 2.77. The lowest BCUT2D eigenvalue weighted by atomic mass is 9.66. The number of carbonyl (C=O) groups excluding carboxylic acids is 1. The van der Waals surface area contributed by atoms with Gasteiger partial charge in [-0.1, -0.05) is 33.3 Å². The Morgan fingerprint density at radius 2 is 2.00 bits per heavy atom. The molecule has 1 rings (SSSR count).